The highest BCUT2D eigenvalue weighted by atomic mass is 16.3. The molecule has 1 N–H and O–H groups in total. The maximum atomic E-state index is 11.6. The number of hydrogen-bond acceptors (Lipinski definition) is 3. The van der Waals surface area contributed by atoms with Crippen LogP contribution in [0.1, 0.15) is 24.8 Å². The summed E-state index contributed by atoms with van der Waals surface area (Å²) in [6.45, 7) is 3.04. The number of amides is 1. The number of nitrogens with zero attached hydrogens (tertiary/aromatic N) is 2. The molecule has 4 heteroatoms. The molecule has 21 heavy (non-hydrogen) atoms. The molecule has 2 aliphatic rings. The van der Waals surface area contributed by atoms with Gasteiger partial charge in [0.25, 0.3) is 0 Å². The number of likely N-dealkylation sites (tertiary alicyclic amines) is 2. The minimum atomic E-state index is -0.425. The van der Waals surface area contributed by atoms with Crippen molar-refractivity contribution in [2.24, 2.45) is 0 Å². The summed E-state index contributed by atoms with van der Waals surface area (Å²) in [5, 5.41) is 10.2. The summed E-state index contributed by atoms with van der Waals surface area (Å²) in [7, 11) is 0. The van der Waals surface area contributed by atoms with E-state index < -0.39 is 6.10 Å². The number of aliphatic hydroxyl groups is 1. The quantitative estimate of drug-likeness (QED) is 0.858. The van der Waals surface area contributed by atoms with Crippen LogP contribution in [0.4, 0.5) is 0 Å². The normalized spacial score (nSPS) is 24.1. The van der Waals surface area contributed by atoms with E-state index in [9.17, 15) is 9.90 Å². The van der Waals surface area contributed by atoms with Gasteiger partial charge in [0.1, 0.15) is 0 Å². The third-order valence-electron chi connectivity index (χ3n) is 4.63. The molecule has 0 aliphatic carbocycles. The van der Waals surface area contributed by atoms with Gasteiger partial charge in [-0.05, 0) is 24.8 Å². The van der Waals surface area contributed by atoms with Crippen molar-refractivity contribution in [1.29, 1.82) is 0 Å². The molecule has 1 amide bonds. The molecule has 0 saturated carbocycles. The van der Waals surface area contributed by atoms with Gasteiger partial charge in [0.2, 0.25) is 5.91 Å². The Labute approximate surface area is 126 Å². The van der Waals surface area contributed by atoms with Gasteiger partial charge in [0.15, 0.2) is 0 Å². The molecule has 0 spiro atoms. The highest BCUT2D eigenvalue weighted by molar-refractivity contribution is 5.78. The molecule has 2 atom stereocenters. The van der Waals surface area contributed by atoms with E-state index in [1.165, 1.54) is 12.0 Å². The zero-order valence-corrected chi connectivity index (χ0v) is 12.4. The predicted molar refractivity (Wildman–Crippen MR) is 81.9 cm³/mol. The molecule has 2 unspecified atom stereocenters. The van der Waals surface area contributed by atoms with Crippen LogP contribution in [0.3, 0.4) is 0 Å². The molecule has 0 radical (unpaired) electrons. The largest absolute Gasteiger partial charge is 0.390 e. The summed E-state index contributed by atoms with van der Waals surface area (Å²) in [5.41, 5.74) is 1.36. The number of benzene rings is 1. The summed E-state index contributed by atoms with van der Waals surface area (Å²) in [5.74, 6) is 0.193. The molecule has 3 rings (SSSR count). The van der Waals surface area contributed by atoms with Crippen LogP contribution in [-0.2, 0) is 11.2 Å². The highest BCUT2D eigenvalue weighted by Gasteiger charge is 2.31. The van der Waals surface area contributed by atoms with Crippen LogP contribution in [-0.4, -0.2) is 59.1 Å². The average molecular weight is 288 g/mol. The summed E-state index contributed by atoms with van der Waals surface area (Å²) in [6, 6.07) is 11.1. The second-order valence-electron chi connectivity index (χ2n) is 6.22. The Hall–Kier alpha value is -1.39. The lowest BCUT2D eigenvalue weighted by atomic mass is 9.95. The Morgan fingerprint density at radius 3 is 2.62 bits per heavy atom. The number of carbonyl (C=O) groups excluding carboxylic acids is 1. The van der Waals surface area contributed by atoms with Crippen LogP contribution in [0, 0.1) is 0 Å². The highest BCUT2D eigenvalue weighted by Crippen LogP contribution is 2.22. The van der Waals surface area contributed by atoms with Crippen LogP contribution >= 0.6 is 0 Å². The van der Waals surface area contributed by atoms with Crippen molar-refractivity contribution < 1.29 is 9.90 Å². The van der Waals surface area contributed by atoms with Gasteiger partial charge in [0.05, 0.1) is 6.10 Å². The molecule has 1 aromatic rings. The Bertz CT molecular complexity index is 477. The maximum absolute atomic E-state index is 11.6. The van der Waals surface area contributed by atoms with E-state index in [1.54, 1.807) is 4.90 Å². The van der Waals surface area contributed by atoms with Gasteiger partial charge in [0, 0.05) is 38.6 Å². The third kappa shape index (κ3) is 3.63. The van der Waals surface area contributed by atoms with Gasteiger partial charge in [-0.3, -0.25) is 9.69 Å². The lowest BCUT2D eigenvalue weighted by Gasteiger charge is -2.42. The van der Waals surface area contributed by atoms with Gasteiger partial charge >= 0.3 is 0 Å². The Balaban J connectivity index is 1.45. The molecule has 2 heterocycles. The van der Waals surface area contributed by atoms with E-state index in [2.05, 4.69) is 29.2 Å². The van der Waals surface area contributed by atoms with Gasteiger partial charge in [-0.2, -0.15) is 0 Å². The van der Waals surface area contributed by atoms with Gasteiger partial charge < -0.3 is 10.0 Å². The van der Waals surface area contributed by atoms with Crippen molar-refractivity contribution in [2.45, 2.75) is 37.8 Å². The minimum Gasteiger partial charge on any atom is -0.390 e. The zero-order valence-electron chi connectivity index (χ0n) is 12.4. The molecule has 2 saturated heterocycles. The molecule has 2 fully saturated rings. The first-order valence-electron chi connectivity index (χ1n) is 7.96. The first kappa shape index (κ1) is 14.5. The Morgan fingerprint density at radius 1 is 1.19 bits per heavy atom. The van der Waals surface area contributed by atoms with Crippen LogP contribution in [0.15, 0.2) is 30.3 Å². The van der Waals surface area contributed by atoms with Gasteiger partial charge in [-0.25, -0.2) is 0 Å². The molecule has 1 aromatic carbocycles. The summed E-state index contributed by atoms with van der Waals surface area (Å²) >= 11 is 0. The van der Waals surface area contributed by atoms with Crippen LogP contribution in [0.5, 0.6) is 0 Å². The number of β-amino-alcohol motifs (C(OH)–C–C–N with tert-alkyl or cyclic N) is 1. The molecule has 0 aromatic heterocycles. The molecule has 2 aliphatic heterocycles. The van der Waals surface area contributed by atoms with E-state index in [4.69, 9.17) is 0 Å². The number of carbonyl (C=O) groups is 1. The number of rotatable bonds is 6. The predicted octanol–water partition coefficient (Wildman–Crippen LogP) is 1.29. The Morgan fingerprint density at radius 2 is 2.00 bits per heavy atom. The maximum Gasteiger partial charge on any atom is 0.222 e. The van der Waals surface area contributed by atoms with Crippen molar-refractivity contribution in [3.05, 3.63) is 35.9 Å². The third-order valence-corrected chi connectivity index (χ3v) is 4.63. The van der Waals surface area contributed by atoms with E-state index in [-0.39, 0.29) is 5.91 Å². The first-order valence-corrected chi connectivity index (χ1v) is 7.96. The lowest BCUT2D eigenvalue weighted by Crippen LogP contribution is -2.53. The van der Waals surface area contributed by atoms with Crippen LogP contribution in [0.25, 0.3) is 0 Å². The van der Waals surface area contributed by atoms with Gasteiger partial charge in [-0.1, -0.05) is 30.3 Å². The monoisotopic (exact) mass is 288 g/mol. The molecule has 4 nitrogen and oxygen atoms in total. The molecular formula is C17H24N2O2. The van der Waals surface area contributed by atoms with E-state index in [0.717, 1.165) is 25.9 Å². The lowest BCUT2D eigenvalue weighted by molar-refractivity contribution is -0.129. The van der Waals surface area contributed by atoms with Gasteiger partial charge in [-0.15, -0.1) is 0 Å². The standard InChI is InChI=1S/C17H24N2O2/c20-16(13-19-9-4-7-17(19)21)12-18-10-8-15(18)11-14-5-2-1-3-6-14/h1-3,5-6,15-16,20H,4,7-13H2. The second kappa shape index (κ2) is 6.58. The number of hydrogen-bond donors (Lipinski definition) is 1. The fraction of sp³-hybridized carbons (Fsp3) is 0.588. The van der Waals surface area contributed by atoms with Crippen LogP contribution < -0.4 is 0 Å². The van der Waals surface area contributed by atoms with E-state index >= 15 is 0 Å². The smallest absolute Gasteiger partial charge is 0.222 e. The second-order valence-corrected chi connectivity index (χ2v) is 6.22. The fourth-order valence-corrected chi connectivity index (χ4v) is 3.33. The van der Waals surface area contributed by atoms with E-state index in [0.29, 0.717) is 25.6 Å². The topological polar surface area (TPSA) is 43.8 Å². The van der Waals surface area contributed by atoms with Crippen molar-refractivity contribution in [1.82, 2.24) is 9.80 Å². The molecular weight excluding hydrogens is 264 g/mol. The van der Waals surface area contributed by atoms with Crippen LogP contribution in [0.2, 0.25) is 0 Å². The van der Waals surface area contributed by atoms with Crippen molar-refractivity contribution in [2.75, 3.05) is 26.2 Å². The summed E-state index contributed by atoms with van der Waals surface area (Å²) < 4.78 is 0. The molecule has 114 valence electrons. The van der Waals surface area contributed by atoms with Crippen molar-refractivity contribution in [3.63, 3.8) is 0 Å². The summed E-state index contributed by atoms with van der Waals surface area (Å²) in [4.78, 5) is 15.7. The zero-order chi connectivity index (χ0) is 14.7. The van der Waals surface area contributed by atoms with E-state index in [1.807, 2.05) is 6.07 Å². The minimum absolute atomic E-state index is 0.193. The molecule has 0 bridgehead atoms. The van der Waals surface area contributed by atoms with Crippen molar-refractivity contribution >= 4 is 5.91 Å². The fourth-order valence-electron chi connectivity index (χ4n) is 3.33. The number of aliphatic hydroxyl groups excluding tert-OH is 1. The SMILES string of the molecule is O=C1CCCN1CC(O)CN1CCC1Cc1ccccc1. The Kier molecular flexibility index (Phi) is 4.56. The first-order chi connectivity index (χ1) is 10.2. The summed E-state index contributed by atoms with van der Waals surface area (Å²) in [6.07, 6.45) is 3.41. The average Bonchev–Trinajstić information content (AvgIpc) is 2.88. The van der Waals surface area contributed by atoms with Crippen molar-refractivity contribution in [3.8, 4) is 0 Å².